The minimum atomic E-state index is -0.775. The van der Waals surface area contributed by atoms with Gasteiger partial charge in [0.05, 0.1) is 19.8 Å². The molecule has 1 unspecified atom stereocenters. The Bertz CT molecular complexity index is 515. The van der Waals surface area contributed by atoms with Gasteiger partial charge in [-0.1, -0.05) is 15.9 Å². The molecule has 1 heterocycles. The number of rotatable bonds is 5. The summed E-state index contributed by atoms with van der Waals surface area (Å²) in [5.74, 6) is -0.930. The van der Waals surface area contributed by atoms with Gasteiger partial charge < -0.3 is 14.2 Å². The molecule has 1 aliphatic rings. The largest absolute Gasteiger partial charge is 0.493 e. The molecule has 21 heavy (non-hydrogen) atoms. The van der Waals surface area contributed by atoms with Crippen LogP contribution in [0.3, 0.4) is 0 Å². The summed E-state index contributed by atoms with van der Waals surface area (Å²) in [6.45, 7) is 2.65. The van der Waals surface area contributed by atoms with Crippen LogP contribution in [0.4, 0.5) is 4.39 Å². The fourth-order valence-electron chi connectivity index (χ4n) is 2.41. The molecule has 116 valence electrons. The Kier molecular flexibility index (Phi) is 5.58. The molecule has 0 aromatic heterocycles. The summed E-state index contributed by atoms with van der Waals surface area (Å²) in [4.78, 5) is 11.1. The van der Waals surface area contributed by atoms with E-state index in [-0.39, 0.29) is 18.5 Å². The second-order valence-corrected chi connectivity index (χ2v) is 5.66. The van der Waals surface area contributed by atoms with E-state index in [2.05, 4.69) is 15.9 Å². The maximum Gasteiger partial charge on any atom is 0.324 e. The first-order valence-electron chi connectivity index (χ1n) is 6.88. The number of methoxy groups -OCH3 is 1. The maximum absolute atomic E-state index is 14.2. The molecule has 1 fully saturated rings. The summed E-state index contributed by atoms with van der Waals surface area (Å²) in [6.07, 6.45) is 1.66. The number of carbonyl (C=O) groups is 1. The summed E-state index contributed by atoms with van der Waals surface area (Å²) in [5.41, 5.74) is 1.14. The fourth-order valence-corrected chi connectivity index (χ4v) is 2.88. The second-order valence-electron chi connectivity index (χ2n) is 4.74. The summed E-state index contributed by atoms with van der Waals surface area (Å²) in [7, 11) is 1.37. The maximum atomic E-state index is 14.2. The number of halogens is 2. The number of hydrogen-bond acceptors (Lipinski definition) is 4. The Morgan fingerprint density at radius 1 is 1.57 bits per heavy atom. The van der Waals surface area contributed by atoms with Crippen molar-refractivity contribution >= 4 is 21.9 Å². The molecule has 0 spiro atoms. The Labute approximate surface area is 131 Å². The monoisotopic (exact) mass is 360 g/mol. The predicted octanol–water partition coefficient (Wildman–Crippen LogP) is 3.68. The molecule has 0 bridgehead atoms. The van der Waals surface area contributed by atoms with E-state index in [4.69, 9.17) is 14.2 Å². The first-order valence-corrected chi connectivity index (χ1v) is 7.79. The third-order valence-electron chi connectivity index (χ3n) is 3.37. The van der Waals surface area contributed by atoms with Crippen molar-refractivity contribution in [3.05, 3.63) is 29.1 Å². The fraction of sp³-hybridized carbons (Fsp3) is 0.533. The smallest absolute Gasteiger partial charge is 0.324 e. The van der Waals surface area contributed by atoms with Crippen molar-refractivity contribution < 1.29 is 23.4 Å². The molecule has 2 atom stereocenters. The van der Waals surface area contributed by atoms with Gasteiger partial charge >= 0.3 is 5.97 Å². The van der Waals surface area contributed by atoms with Crippen LogP contribution in [0.2, 0.25) is 0 Å². The molecule has 0 radical (unpaired) electrons. The average molecular weight is 361 g/mol. The highest BCUT2D eigenvalue weighted by Crippen LogP contribution is 2.38. The molecule has 4 nitrogen and oxygen atoms in total. The summed E-state index contributed by atoms with van der Waals surface area (Å²) >= 11 is 3.26. The molecule has 0 saturated carbocycles. The van der Waals surface area contributed by atoms with Gasteiger partial charge in [0.2, 0.25) is 0 Å². The molecule has 0 N–H and O–H groups in total. The van der Waals surface area contributed by atoms with Crippen molar-refractivity contribution in [1.82, 2.24) is 0 Å². The van der Waals surface area contributed by atoms with E-state index in [0.717, 1.165) is 18.4 Å². The van der Waals surface area contributed by atoms with Crippen molar-refractivity contribution in [2.24, 2.45) is 0 Å². The first kappa shape index (κ1) is 16.2. The summed E-state index contributed by atoms with van der Waals surface area (Å²) in [6, 6.07) is 3.15. The van der Waals surface area contributed by atoms with Gasteiger partial charge in [0.1, 0.15) is 4.83 Å². The molecule has 6 heteroatoms. The number of esters is 1. The number of alkyl halides is 1. The van der Waals surface area contributed by atoms with Gasteiger partial charge in [-0.15, -0.1) is 0 Å². The molecule has 1 saturated heterocycles. The van der Waals surface area contributed by atoms with Crippen LogP contribution in [-0.2, 0) is 14.3 Å². The Balaban J connectivity index is 2.38. The topological polar surface area (TPSA) is 44.8 Å². The Hall–Kier alpha value is -1.14. The van der Waals surface area contributed by atoms with Gasteiger partial charge in [0.25, 0.3) is 0 Å². The quantitative estimate of drug-likeness (QED) is 0.593. The van der Waals surface area contributed by atoms with E-state index in [1.54, 1.807) is 13.0 Å². The highest BCUT2D eigenvalue weighted by Gasteiger charge is 2.27. The zero-order valence-corrected chi connectivity index (χ0v) is 13.6. The molecule has 0 aliphatic carbocycles. The minimum absolute atomic E-state index is 0.0478. The molecule has 1 aliphatic heterocycles. The first-order chi connectivity index (χ1) is 10.1. The van der Waals surface area contributed by atoms with E-state index < -0.39 is 16.6 Å². The normalized spacial score (nSPS) is 19.3. The standard InChI is InChI=1S/C15H18BrFO4/c1-3-20-15(18)13(16)10-7-9(12-5-4-6-21-12)8-11(17)14(10)19-2/h7-8,12-13H,3-6H2,1-2H3/t12-,13?/m1/s1. The predicted molar refractivity (Wildman–Crippen MR) is 79.2 cm³/mol. The van der Waals surface area contributed by atoms with Gasteiger partial charge in [-0.25, -0.2) is 4.39 Å². The molecule has 1 aromatic carbocycles. The van der Waals surface area contributed by atoms with E-state index in [1.807, 2.05) is 0 Å². The third kappa shape index (κ3) is 3.55. The molecular weight excluding hydrogens is 343 g/mol. The van der Waals surface area contributed by atoms with Gasteiger partial charge in [-0.2, -0.15) is 0 Å². The van der Waals surface area contributed by atoms with Gasteiger partial charge in [-0.3, -0.25) is 4.79 Å². The highest BCUT2D eigenvalue weighted by molar-refractivity contribution is 9.09. The van der Waals surface area contributed by atoms with Crippen molar-refractivity contribution in [3.63, 3.8) is 0 Å². The van der Waals surface area contributed by atoms with Crippen molar-refractivity contribution in [1.29, 1.82) is 0 Å². The van der Waals surface area contributed by atoms with Crippen molar-refractivity contribution in [2.75, 3.05) is 20.3 Å². The van der Waals surface area contributed by atoms with Crippen molar-refractivity contribution in [2.45, 2.75) is 30.7 Å². The van der Waals surface area contributed by atoms with E-state index in [9.17, 15) is 9.18 Å². The lowest BCUT2D eigenvalue weighted by Crippen LogP contribution is -2.13. The highest BCUT2D eigenvalue weighted by atomic mass is 79.9. The van der Waals surface area contributed by atoms with Crippen LogP contribution in [0.25, 0.3) is 0 Å². The number of carbonyl (C=O) groups excluding carboxylic acids is 1. The SMILES string of the molecule is CCOC(=O)C(Br)c1cc([C@H]2CCCO2)cc(F)c1OC. The Morgan fingerprint density at radius 3 is 2.90 bits per heavy atom. The lowest BCUT2D eigenvalue weighted by atomic mass is 10.0. The minimum Gasteiger partial charge on any atom is -0.493 e. The summed E-state index contributed by atoms with van der Waals surface area (Å²) < 4.78 is 29.8. The van der Waals surface area contributed by atoms with E-state index in [0.29, 0.717) is 12.2 Å². The van der Waals surface area contributed by atoms with Crippen LogP contribution >= 0.6 is 15.9 Å². The zero-order chi connectivity index (χ0) is 15.4. The van der Waals surface area contributed by atoms with E-state index in [1.165, 1.54) is 13.2 Å². The van der Waals surface area contributed by atoms with Crippen LogP contribution in [0, 0.1) is 5.82 Å². The average Bonchev–Trinajstić information content (AvgIpc) is 3.00. The van der Waals surface area contributed by atoms with Crippen LogP contribution in [-0.4, -0.2) is 26.3 Å². The van der Waals surface area contributed by atoms with Gasteiger partial charge in [0, 0.05) is 12.2 Å². The molecule has 0 amide bonds. The summed E-state index contributed by atoms with van der Waals surface area (Å²) in [5, 5.41) is 0. The molecular formula is C15H18BrFO4. The zero-order valence-electron chi connectivity index (χ0n) is 12.0. The Morgan fingerprint density at radius 2 is 2.33 bits per heavy atom. The van der Waals surface area contributed by atoms with Crippen LogP contribution < -0.4 is 4.74 Å². The van der Waals surface area contributed by atoms with Crippen LogP contribution in [0.5, 0.6) is 5.75 Å². The number of ether oxygens (including phenoxy) is 3. The van der Waals surface area contributed by atoms with Gasteiger partial charge in [0.15, 0.2) is 11.6 Å². The lowest BCUT2D eigenvalue weighted by Gasteiger charge is -2.18. The third-order valence-corrected chi connectivity index (χ3v) is 4.23. The van der Waals surface area contributed by atoms with Crippen molar-refractivity contribution in [3.8, 4) is 5.75 Å². The lowest BCUT2D eigenvalue weighted by molar-refractivity contribution is -0.142. The number of hydrogen-bond donors (Lipinski definition) is 0. The van der Waals surface area contributed by atoms with Crippen LogP contribution in [0.1, 0.15) is 41.8 Å². The number of benzene rings is 1. The molecule has 2 rings (SSSR count). The molecule has 1 aromatic rings. The van der Waals surface area contributed by atoms with Gasteiger partial charge in [-0.05, 0) is 37.5 Å². The second kappa shape index (κ2) is 7.22. The van der Waals surface area contributed by atoms with E-state index >= 15 is 0 Å². The van der Waals surface area contributed by atoms with Crippen LogP contribution in [0.15, 0.2) is 12.1 Å².